The molecule has 4 nitrogen and oxygen atoms in total. The number of nitrogens with two attached hydrogens (primary N) is 1. The first-order valence-corrected chi connectivity index (χ1v) is 6.10. The molecule has 1 unspecified atom stereocenters. The van der Waals surface area contributed by atoms with Crippen molar-refractivity contribution in [1.82, 2.24) is 0 Å². The predicted octanol–water partition coefficient (Wildman–Crippen LogP) is 0.623. The Hall–Kier alpha value is -0.550. The van der Waals surface area contributed by atoms with Crippen LogP contribution in [0.4, 0.5) is 0 Å². The number of amides is 1. The first kappa shape index (κ1) is 12.4. The van der Waals surface area contributed by atoms with E-state index in [2.05, 4.69) is 6.58 Å². The van der Waals surface area contributed by atoms with Crippen molar-refractivity contribution in [3.05, 3.63) is 12.2 Å². The summed E-state index contributed by atoms with van der Waals surface area (Å²) in [6.07, 6.45) is 0.251. The second-order valence-corrected chi connectivity index (χ2v) is 5.80. The summed E-state index contributed by atoms with van der Waals surface area (Å²) in [7, 11) is 1.50. The van der Waals surface area contributed by atoms with Gasteiger partial charge in [-0.2, -0.15) is 0 Å². The molecule has 0 aromatic heterocycles. The van der Waals surface area contributed by atoms with Gasteiger partial charge in [0.25, 0.3) is 0 Å². The summed E-state index contributed by atoms with van der Waals surface area (Å²) in [5.74, 6) is -1.04. The second kappa shape index (κ2) is 4.62. The molecule has 0 aromatic rings. The van der Waals surface area contributed by atoms with Gasteiger partial charge in [-0.05, 0) is 12.3 Å². The lowest BCUT2D eigenvalue weighted by Gasteiger charge is -2.08. The van der Waals surface area contributed by atoms with Crippen LogP contribution in [0.5, 0.6) is 0 Å². The molecule has 0 saturated heterocycles. The Morgan fingerprint density at radius 3 is 2.38 bits per heavy atom. The zero-order valence-corrected chi connectivity index (χ0v) is 8.86. The summed E-state index contributed by atoms with van der Waals surface area (Å²) < 4.78 is 21.2. The number of carbonyl (C=O) groups excluding carboxylic acids is 1. The molecular formula is C7H12ClNO3S. The van der Waals surface area contributed by atoms with E-state index in [1.54, 1.807) is 6.92 Å². The van der Waals surface area contributed by atoms with Crippen LogP contribution in [-0.4, -0.2) is 20.1 Å². The van der Waals surface area contributed by atoms with Crippen molar-refractivity contribution >= 4 is 25.6 Å². The van der Waals surface area contributed by atoms with E-state index in [-0.39, 0.29) is 23.7 Å². The average molecular weight is 226 g/mol. The molecule has 0 aliphatic carbocycles. The van der Waals surface area contributed by atoms with Crippen molar-refractivity contribution in [2.45, 2.75) is 13.3 Å². The summed E-state index contributed by atoms with van der Waals surface area (Å²) in [5, 5.41) is 0. The highest BCUT2D eigenvalue weighted by Crippen LogP contribution is 2.13. The minimum absolute atomic E-state index is 0.180. The van der Waals surface area contributed by atoms with Crippen LogP contribution in [0, 0.1) is 5.92 Å². The van der Waals surface area contributed by atoms with Gasteiger partial charge in [-0.3, -0.25) is 4.79 Å². The Labute approximate surface area is 82.2 Å². The van der Waals surface area contributed by atoms with Gasteiger partial charge in [0.05, 0.1) is 5.75 Å². The zero-order valence-electron chi connectivity index (χ0n) is 7.29. The number of carbonyl (C=O) groups is 1. The fraction of sp³-hybridized carbons (Fsp3) is 0.571. The van der Waals surface area contributed by atoms with E-state index >= 15 is 0 Å². The quantitative estimate of drug-likeness (QED) is 0.551. The standard InChI is InChI=1S/C7H12ClNO3S/c1-5(4-13(8,11)12)3-6(2)7(9)10/h5H,2-4H2,1H3,(H2,9,10). The van der Waals surface area contributed by atoms with Crippen molar-refractivity contribution in [2.75, 3.05) is 5.75 Å². The topological polar surface area (TPSA) is 77.2 Å². The van der Waals surface area contributed by atoms with Gasteiger partial charge in [0.2, 0.25) is 15.0 Å². The smallest absolute Gasteiger partial charge is 0.244 e. The van der Waals surface area contributed by atoms with Crippen LogP contribution >= 0.6 is 10.7 Å². The van der Waals surface area contributed by atoms with E-state index < -0.39 is 15.0 Å². The minimum atomic E-state index is -3.52. The highest BCUT2D eigenvalue weighted by Gasteiger charge is 2.15. The van der Waals surface area contributed by atoms with Gasteiger partial charge in [-0.15, -0.1) is 0 Å². The van der Waals surface area contributed by atoms with Crippen LogP contribution < -0.4 is 5.73 Å². The summed E-state index contributed by atoms with van der Waals surface area (Å²) in [6, 6.07) is 0. The molecule has 1 amide bonds. The maximum Gasteiger partial charge on any atom is 0.244 e. The zero-order chi connectivity index (χ0) is 10.6. The lowest BCUT2D eigenvalue weighted by molar-refractivity contribution is -0.114. The molecule has 0 aliphatic rings. The minimum Gasteiger partial charge on any atom is -0.366 e. The van der Waals surface area contributed by atoms with E-state index in [1.807, 2.05) is 0 Å². The van der Waals surface area contributed by atoms with Gasteiger partial charge in [-0.1, -0.05) is 13.5 Å². The van der Waals surface area contributed by atoms with E-state index in [0.717, 1.165) is 0 Å². The molecule has 0 rings (SSSR count). The van der Waals surface area contributed by atoms with E-state index in [0.29, 0.717) is 0 Å². The SMILES string of the molecule is C=C(CC(C)CS(=O)(=O)Cl)C(N)=O. The molecule has 0 bridgehead atoms. The molecule has 76 valence electrons. The molecule has 2 N–H and O–H groups in total. The molecular weight excluding hydrogens is 214 g/mol. The number of hydrogen-bond donors (Lipinski definition) is 1. The molecule has 6 heteroatoms. The summed E-state index contributed by atoms with van der Waals surface area (Å²) in [5.41, 5.74) is 5.14. The number of primary amides is 1. The van der Waals surface area contributed by atoms with Crippen LogP contribution in [0.3, 0.4) is 0 Å². The number of hydrogen-bond acceptors (Lipinski definition) is 3. The van der Waals surface area contributed by atoms with Crippen molar-refractivity contribution in [1.29, 1.82) is 0 Å². The summed E-state index contributed by atoms with van der Waals surface area (Å²) >= 11 is 0. The monoisotopic (exact) mass is 225 g/mol. The summed E-state index contributed by atoms with van der Waals surface area (Å²) in [6.45, 7) is 5.07. The van der Waals surface area contributed by atoms with Crippen molar-refractivity contribution in [3.8, 4) is 0 Å². The van der Waals surface area contributed by atoms with Gasteiger partial charge in [-0.25, -0.2) is 8.42 Å². The highest BCUT2D eigenvalue weighted by atomic mass is 35.7. The Morgan fingerprint density at radius 2 is 2.08 bits per heavy atom. The first-order chi connectivity index (χ1) is 5.72. The van der Waals surface area contributed by atoms with Crippen LogP contribution in [0.15, 0.2) is 12.2 Å². The van der Waals surface area contributed by atoms with Gasteiger partial charge in [0.15, 0.2) is 0 Å². The molecule has 0 fully saturated rings. The molecule has 1 atom stereocenters. The predicted molar refractivity (Wildman–Crippen MR) is 51.8 cm³/mol. The third-order valence-electron chi connectivity index (χ3n) is 1.43. The van der Waals surface area contributed by atoms with Crippen LogP contribution in [0.2, 0.25) is 0 Å². The third-order valence-corrected chi connectivity index (χ3v) is 2.77. The lowest BCUT2D eigenvalue weighted by Crippen LogP contribution is -2.17. The van der Waals surface area contributed by atoms with Gasteiger partial charge >= 0.3 is 0 Å². The summed E-state index contributed by atoms with van der Waals surface area (Å²) in [4.78, 5) is 10.5. The van der Waals surface area contributed by atoms with Crippen molar-refractivity contribution in [3.63, 3.8) is 0 Å². The van der Waals surface area contributed by atoms with Crippen LogP contribution in [0.25, 0.3) is 0 Å². The van der Waals surface area contributed by atoms with Gasteiger partial charge in [0.1, 0.15) is 0 Å². The van der Waals surface area contributed by atoms with Crippen LogP contribution in [-0.2, 0) is 13.8 Å². The third kappa shape index (κ3) is 6.60. The number of halogens is 1. The first-order valence-electron chi connectivity index (χ1n) is 3.62. The van der Waals surface area contributed by atoms with Gasteiger partial charge < -0.3 is 5.73 Å². The van der Waals surface area contributed by atoms with Crippen molar-refractivity contribution in [2.24, 2.45) is 11.7 Å². The van der Waals surface area contributed by atoms with E-state index in [9.17, 15) is 13.2 Å². The molecule has 0 heterocycles. The maximum absolute atomic E-state index is 10.6. The largest absolute Gasteiger partial charge is 0.366 e. The van der Waals surface area contributed by atoms with Crippen molar-refractivity contribution < 1.29 is 13.2 Å². The highest BCUT2D eigenvalue weighted by molar-refractivity contribution is 8.13. The maximum atomic E-state index is 10.6. The van der Waals surface area contributed by atoms with Crippen LogP contribution in [0.1, 0.15) is 13.3 Å². The van der Waals surface area contributed by atoms with Gasteiger partial charge in [0, 0.05) is 16.3 Å². The van der Waals surface area contributed by atoms with E-state index in [1.165, 1.54) is 0 Å². The Kier molecular flexibility index (Phi) is 4.43. The molecule has 0 aromatic carbocycles. The average Bonchev–Trinajstić information content (AvgIpc) is 1.81. The lowest BCUT2D eigenvalue weighted by atomic mass is 10.0. The Bertz CT molecular complexity index is 310. The number of rotatable bonds is 5. The molecule has 0 spiro atoms. The molecule has 0 saturated carbocycles. The molecule has 0 aliphatic heterocycles. The van der Waals surface area contributed by atoms with E-state index in [4.69, 9.17) is 16.4 Å². The fourth-order valence-corrected chi connectivity index (χ4v) is 2.36. The Balaban J connectivity index is 4.10. The normalized spacial score (nSPS) is 13.7. The molecule has 0 radical (unpaired) electrons. The Morgan fingerprint density at radius 1 is 1.62 bits per heavy atom. The fourth-order valence-electron chi connectivity index (χ4n) is 0.920. The second-order valence-electron chi connectivity index (χ2n) is 2.98. The molecule has 13 heavy (non-hydrogen) atoms.